The number of fused-ring (bicyclic) bond motifs is 2. The largest absolute Gasteiger partial charge is 0.303 e. The number of thiophene rings is 1. The van der Waals surface area contributed by atoms with Crippen LogP contribution in [0.15, 0.2) is 54.3 Å². The SMILES string of the molecule is C[C@H](c1c(C2CC2)ccc2cncn12)C1CCC(c2ccc3sccc3c2)CC1. The molecule has 0 N–H and O–H groups in total. The molecule has 1 atom stereocenters. The molecular formula is C26H28N2S. The molecule has 2 saturated carbocycles. The van der Waals surface area contributed by atoms with Crippen LogP contribution in [0, 0.1) is 5.92 Å². The molecule has 3 heterocycles. The van der Waals surface area contributed by atoms with Crippen molar-refractivity contribution < 1.29 is 0 Å². The van der Waals surface area contributed by atoms with Crippen LogP contribution < -0.4 is 0 Å². The molecule has 0 radical (unpaired) electrons. The summed E-state index contributed by atoms with van der Waals surface area (Å²) in [5.74, 6) is 2.90. The Morgan fingerprint density at radius 2 is 1.79 bits per heavy atom. The van der Waals surface area contributed by atoms with Gasteiger partial charge >= 0.3 is 0 Å². The van der Waals surface area contributed by atoms with Crippen molar-refractivity contribution in [2.75, 3.05) is 0 Å². The zero-order valence-electron chi connectivity index (χ0n) is 17.1. The van der Waals surface area contributed by atoms with Crippen molar-refractivity contribution in [1.29, 1.82) is 0 Å². The Labute approximate surface area is 176 Å². The molecule has 0 amide bonds. The molecule has 0 bridgehead atoms. The molecule has 3 aromatic heterocycles. The van der Waals surface area contributed by atoms with Crippen LogP contribution in [0.5, 0.6) is 0 Å². The minimum atomic E-state index is 0.601. The first-order chi connectivity index (χ1) is 14.3. The van der Waals surface area contributed by atoms with E-state index in [1.165, 1.54) is 54.1 Å². The second-order valence-corrected chi connectivity index (χ2v) is 10.2. The fourth-order valence-electron chi connectivity index (χ4n) is 5.67. The van der Waals surface area contributed by atoms with Gasteiger partial charge in [0.25, 0.3) is 0 Å². The second kappa shape index (κ2) is 6.98. The van der Waals surface area contributed by atoms with Crippen molar-refractivity contribution in [2.24, 2.45) is 5.92 Å². The van der Waals surface area contributed by atoms with Gasteiger partial charge in [-0.15, -0.1) is 11.3 Å². The summed E-state index contributed by atoms with van der Waals surface area (Å²) in [4.78, 5) is 4.45. The van der Waals surface area contributed by atoms with Crippen LogP contribution in [0.3, 0.4) is 0 Å². The summed E-state index contributed by atoms with van der Waals surface area (Å²) in [6.07, 6.45) is 12.1. The van der Waals surface area contributed by atoms with Gasteiger partial charge in [-0.05, 0) is 102 Å². The monoisotopic (exact) mass is 400 g/mol. The number of aromatic nitrogens is 2. The molecule has 4 aromatic rings. The highest BCUT2D eigenvalue weighted by atomic mass is 32.1. The highest BCUT2D eigenvalue weighted by molar-refractivity contribution is 7.17. The molecule has 0 aliphatic heterocycles. The molecule has 29 heavy (non-hydrogen) atoms. The van der Waals surface area contributed by atoms with Gasteiger partial charge in [0.1, 0.15) is 0 Å². The fourth-order valence-corrected chi connectivity index (χ4v) is 6.44. The molecule has 3 heteroatoms. The number of hydrogen-bond donors (Lipinski definition) is 0. The third kappa shape index (κ3) is 3.11. The van der Waals surface area contributed by atoms with E-state index in [0.717, 1.165) is 17.8 Å². The molecular weight excluding hydrogens is 372 g/mol. The summed E-state index contributed by atoms with van der Waals surface area (Å²) < 4.78 is 3.80. The van der Waals surface area contributed by atoms with E-state index in [2.05, 4.69) is 58.1 Å². The average molecular weight is 401 g/mol. The van der Waals surface area contributed by atoms with Crippen molar-refractivity contribution in [3.8, 4) is 0 Å². The van der Waals surface area contributed by atoms with Crippen molar-refractivity contribution in [1.82, 2.24) is 9.38 Å². The van der Waals surface area contributed by atoms with Crippen LogP contribution in [-0.2, 0) is 0 Å². The van der Waals surface area contributed by atoms with Gasteiger partial charge in [0.2, 0.25) is 0 Å². The van der Waals surface area contributed by atoms with E-state index in [4.69, 9.17) is 0 Å². The van der Waals surface area contributed by atoms with E-state index in [0.29, 0.717) is 5.92 Å². The number of imidazole rings is 1. The first kappa shape index (κ1) is 17.7. The van der Waals surface area contributed by atoms with Crippen LogP contribution in [0.4, 0.5) is 0 Å². The predicted molar refractivity (Wildman–Crippen MR) is 122 cm³/mol. The van der Waals surface area contributed by atoms with Crippen molar-refractivity contribution >= 4 is 26.9 Å². The predicted octanol–water partition coefficient (Wildman–Crippen LogP) is 7.50. The van der Waals surface area contributed by atoms with Crippen LogP contribution in [0.25, 0.3) is 15.6 Å². The minimum Gasteiger partial charge on any atom is -0.303 e. The van der Waals surface area contributed by atoms with Crippen molar-refractivity contribution in [3.05, 3.63) is 71.1 Å². The summed E-state index contributed by atoms with van der Waals surface area (Å²) in [7, 11) is 0. The molecule has 0 saturated heterocycles. The Balaban J connectivity index is 1.24. The molecule has 2 nitrogen and oxygen atoms in total. The molecule has 2 aliphatic carbocycles. The first-order valence-corrected chi connectivity index (χ1v) is 12.1. The van der Waals surface area contributed by atoms with E-state index in [-0.39, 0.29) is 0 Å². The maximum absolute atomic E-state index is 4.45. The standard InChI is InChI=1S/C26H28N2S/c1-17(26-24(20-6-7-20)10-9-23-15-27-16-28(23)26)18-2-4-19(5-3-18)21-8-11-25-22(14-21)12-13-29-25/h8-20H,2-7H2,1H3/t17-,18?,19?/m0/s1. The third-order valence-electron chi connectivity index (χ3n) is 7.53. The second-order valence-electron chi connectivity index (χ2n) is 9.25. The lowest BCUT2D eigenvalue weighted by molar-refractivity contribution is 0.286. The van der Waals surface area contributed by atoms with Gasteiger partial charge in [0.15, 0.2) is 0 Å². The van der Waals surface area contributed by atoms with Gasteiger partial charge in [-0.1, -0.05) is 25.1 Å². The van der Waals surface area contributed by atoms with Crippen LogP contribution in [0.1, 0.15) is 80.0 Å². The Morgan fingerprint density at radius 1 is 0.966 bits per heavy atom. The summed E-state index contributed by atoms with van der Waals surface area (Å²) in [6.45, 7) is 2.48. The van der Waals surface area contributed by atoms with Gasteiger partial charge in [-0.3, -0.25) is 0 Å². The minimum absolute atomic E-state index is 0.601. The maximum atomic E-state index is 4.45. The van der Waals surface area contributed by atoms with Gasteiger partial charge in [-0.2, -0.15) is 0 Å². The quantitative estimate of drug-likeness (QED) is 0.346. The highest BCUT2D eigenvalue weighted by Crippen LogP contribution is 2.47. The normalized spacial score (nSPS) is 23.6. The summed E-state index contributed by atoms with van der Waals surface area (Å²) in [5.41, 5.74) is 5.94. The topological polar surface area (TPSA) is 17.3 Å². The first-order valence-electron chi connectivity index (χ1n) is 11.2. The van der Waals surface area contributed by atoms with Crippen LogP contribution >= 0.6 is 11.3 Å². The van der Waals surface area contributed by atoms with Gasteiger partial charge < -0.3 is 4.40 Å². The molecule has 2 aliphatic rings. The number of nitrogens with zero attached hydrogens (tertiary/aromatic N) is 2. The molecule has 2 fully saturated rings. The molecule has 0 unspecified atom stereocenters. The van der Waals surface area contributed by atoms with E-state index < -0.39 is 0 Å². The Kier molecular flexibility index (Phi) is 4.26. The van der Waals surface area contributed by atoms with Gasteiger partial charge in [0.05, 0.1) is 18.0 Å². The van der Waals surface area contributed by atoms with E-state index in [1.54, 1.807) is 16.8 Å². The van der Waals surface area contributed by atoms with E-state index in [1.807, 2.05) is 23.9 Å². The van der Waals surface area contributed by atoms with Crippen LogP contribution in [-0.4, -0.2) is 9.38 Å². The van der Waals surface area contributed by atoms with Crippen molar-refractivity contribution in [3.63, 3.8) is 0 Å². The molecule has 6 rings (SSSR count). The fraction of sp³-hybridized carbons (Fsp3) is 0.423. The highest BCUT2D eigenvalue weighted by Gasteiger charge is 2.33. The lowest BCUT2D eigenvalue weighted by atomic mass is 9.72. The smallest absolute Gasteiger partial charge is 0.0994 e. The van der Waals surface area contributed by atoms with Crippen LogP contribution in [0.2, 0.25) is 0 Å². The van der Waals surface area contributed by atoms with E-state index in [9.17, 15) is 0 Å². The molecule has 148 valence electrons. The number of hydrogen-bond acceptors (Lipinski definition) is 2. The molecule has 1 aromatic carbocycles. The lowest BCUT2D eigenvalue weighted by Gasteiger charge is -2.34. The van der Waals surface area contributed by atoms with Crippen molar-refractivity contribution in [2.45, 2.75) is 63.2 Å². The summed E-state index contributed by atoms with van der Waals surface area (Å²) in [5, 5.41) is 3.63. The zero-order valence-corrected chi connectivity index (χ0v) is 17.9. The zero-order chi connectivity index (χ0) is 19.4. The van der Waals surface area contributed by atoms with Gasteiger partial charge in [-0.25, -0.2) is 4.98 Å². The summed E-state index contributed by atoms with van der Waals surface area (Å²) in [6, 6.07) is 14.1. The lowest BCUT2D eigenvalue weighted by Crippen LogP contribution is -2.21. The number of benzene rings is 1. The maximum Gasteiger partial charge on any atom is 0.0994 e. The number of pyridine rings is 1. The van der Waals surface area contributed by atoms with Gasteiger partial charge in [0, 0.05) is 10.4 Å². The summed E-state index contributed by atoms with van der Waals surface area (Å²) >= 11 is 1.85. The Bertz CT molecular complexity index is 1160. The molecule has 0 spiro atoms. The third-order valence-corrected chi connectivity index (χ3v) is 8.43. The number of rotatable bonds is 4. The van der Waals surface area contributed by atoms with E-state index >= 15 is 0 Å². The Hall–Kier alpha value is -2.13. The Morgan fingerprint density at radius 3 is 2.62 bits per heavy atom. The average Bonchev–Trinajstić information content (AvgIpc) is 3.30.